The molecule has 104 valence electrons. The summed E-state index contributed by atoms with van der Waals surface area (Å²) in [6.45, 7) is 0. The molecule has 0 aromatic heterocycles. The van der Waals surface area contributed by atoms with Crippen molar-refractivity contribution in [3.8, 4) is 0 Å². The molecule has 0 bridgehead atoms. The van der Waals surface area contributed by atoms with E-state index in [1.807, 2.05) is 0 Å². The summed E-state index contributed by atoms with van der Waals surface area (Å²) in [5.41, 5.74) is 9.47. The number of carboxylic acid groups (broad SMARTS) is 4. The second-order valence-corrected chi connectivity index (χ2v) is 3.00. The van der Waals surface area contributed by atoms with Gasteiger partial charge in [-0.05, 0) is 0 Å². The molecule has 0 saturated heterocycles. The minimum atomic E-state index is -1.58. The van der Waals surface area contributed by atoms with Crippen LogP contribution in [-0.4, -0.2) is 36.0 Å². The predicted molar refractivity (Wildman–Crippen MR) is 45.2 cm³/mol. The van der Waals surface area contributed by atoms with E-state index in [0.29, 0.717) is 0 Å². The Morgan fingerprint density at radius 1 is 0.636 bits per heavy atom. The summed E-state index contributed by atoms with van der Waals surface area (Å²) < 4.78 is 0. The molecule has 10 nitrogen and oxygen atoms in total. The maximum atomic E-state index is 9.71. The van der Waals surface area contributed by atoms with E-state index in [-0.39, 0.29) is 118 Å². The number of carbonyl (C=O) groups is 4. The molecule has 0 radical (unpaired) electrons. The second-order valence-electron chi connectivity index (χ2n) is 3.00. The van der Waals surface area contributed by atoms with Gasteiger partial charge in [0.15, 0.2) is 0 Å². The molecule has 0 aliphatic heterocycles. The van der Waals surface area contributed by atoms with Gasteiger partial charge in [0.25, 0.3) is 0 Å². The fourth-order valence-corrected chi connectivity index (χ4v) is 0.526. The predicted octanol–water partition coefficient (Wildman–Crippen LogP) is -19.6. The van der Waals surface area contributed by atoms with Gasteiger partial charge in [-0.3, -0.25) is 0 Å². The monoisotopic (exact) mass is 354 g/mol. The van der Waals surface area contributed by atoms with Crippen molar-refractivity contribution in [3.63, 3.8) is 0 Å². The van der Waals surface area contributed by atoms with Crippen molar-refractivity contribution >= 4 is 23.9 Å². The Kier molecular flexibility index (Phi) is 40.5. The van der Waals surface area contributed by atoms with Crippen LogP contribution >= 0.6 is 0 Å². The zero-order valence-electron chi connectivity index (χ0n) is 13.0. The summed E-state index contributed by atoms with van der Waals surface area (Å²) in [4.78, 5) is 38.7. The van der Waals surface area contributed by atoms with Crippen molar-refractivity contribution in [1.29, 1.82) is 0 Å². The van der Waals surface area contributed by atoms with Gasteiger partial charge in [0.2, 0.25) is 0 Å². The van der Waals surface area contributed by atoms with Crippen LogP contribution in [0, 0.1) is 0 Å². The van der Waals surface area contributed by atoms with E-state index in [4.69, 9.17) is 11.5 Å². The summed E-state index contributed by atoms with van der Waals surface area (Å²) in [5, 5.41) is 38.7. The first kappa shape index (κ1) is 39.0. The largest absolute Gasteiger partial charge is 1.00 e. The minimum Gasteiger partial charge on any atom is -0.550 e. The first-order chi connectivity index (χ1) is 8.07. The maximum absolute atomic E-state index is 9.71. The molecule has 0 aliphatic carbocycles. The Balaban J connectivity index is -0.0000000492. The van der Waals surface area contributed by atoms with Gasteiger partial charge in [-0.1, -0.05) is 0 Å². The molecule has 0 unspecified atom stereocenters. The summed E-state index contributed by atoms with van der Waals surface area (Å²) in [5.74, 6) is -6.16. The van der Waals surface area contributed by atoms with Crippen molar-refractivity contribution in [2.45, 2.75) is 24.9 Å². The zero-order valence-corrected chi connectivity index (χ0v) is 21.0. The molecule has 14 heteroatoms. The van der Waals surface area contributed by atoms with E-state index < -0.39 is 48.8 Å². The smallest absolute Gasteiger partial charge is 0.550 e. The van der Waals surface area contributed by atoms with E-state index in [9.17, 15) is 39.6 Å². The van der Waals surface area contributed by atoms with Gasteiger partial charge in [0, 0.05) is 36.9 Å². The number of hydrogen-bond donors (Lipinski definition) is 2. The van der Waals surface area contributed by atoms with Gasteiger partial charge in [0.1, 0.15) is 0 Å². The molecule has 0 aliphatic rings. The molecule has 0 aromatic rings. The maximum Gasteiger partial charge on any atom is 1.00 e. The first-order valence-electron chi connectivity index (χ1n) is 4.40. The van der Waals surface area contributed by atoms with Crippen LogP contribution in [0.15, 0.2) is 0 Å². The fourth-order valence-electron chi connectivity index (χ4n) is 0.526. The van der Waals surface area contributed by atoms with Crippen LogP contribution in [-0.2, 0) is 19.2 Å². The summed E-state index contributed by atoms with van der Waals surface area (Å²) in [6.07, 6.45) is -1.41. The Morgan fingerprint density at radius 2 is 0.818 bits per heavy atom. The molecule has 4 N–H and O–H groups in total. The number of rotatable bonds is 6. The standard InChI is InChI=1S/2C4H7NO4.4Na/c2*5-2(4(8)9)1-3(6)7;;;;/h2*2H,1,5H2,(H,6,7)(H,8,9);;;;/q;;4*+1/p-4/t2*2-;;;;/m00..../s1. The number of aliphatic carboxylic acids is 4. The van der Waals surface area contributed by atoms with Crippen LogP contribution in [0.5, 0.6) is 0 Å². The normalized spacial score (nSPS) is 10.3. The fraction of sp³-hybridized carbons (Fsp3) is 0.500. The Hall–Kier alpha value is 1.80. The number of carbonyl (C=O) groups excluding carboxylic acids is 4. The molecule has 0 spiro atoms. The SMILES string of the molecule is N[C@@H](CC(=O)[O-])C(=O)[O-].N[C@@H](CC(=O)[O-])C(=O)[O-].[Na+].[Na+].[Na+].[Na+]. The summed E-state index contributed by atoms with van der Waals surface area (Å²) in [6, 6.07) is -2.93. The van der Waals surface area contributed by atoms with Gasteiger partial charge in [-0.15, -0.1) is 0 Å². The molecule has 0 rings (SSSR count). The molecular formula is C8H10N2Na4O8. The second kappa shape index (κ2) is 22.8. The molecule has 0 saturated carbocycles. The molecule has 0 aromatic carbocycles. The molecule has 0 amide bonds. The van der Waals surface area contributed by atoms with Gasteiger partial charge < -0.3 is 51.1 Å². The van der Waals surface area contributed by atoms with Gasteiger partial charge in [0.05, 0.1) is 11.9 Å². The van der Waals surface area contributed by atoms with Crippen molar-refractivity contribution in [3.05, 3.63) is 0 Å². The quantitative estimate of drug-likeness (QED) is 0.429. The Labute approximate surface area is 214 Å². The zero-order chi connectivity index (χ0) is 14.9. The number of hydrogen-bond acceptors (Lipinski definition) is 10. The van der Waals surface area contributed by atoms with Crippen molar-refractivity contribution < 1.29 is 158 Å². The Bertz CT molecular complexity index is 312. The van der Waals surface area contributed by atoms with E-state index in [2.05, 4.69) is 0 Å². The van der Waals surface area contributed by atoms with Crippen LogP contribution in [0.25, 0.3) is 0 Å². The van der Waals surface area contributed by atoms with Crippen LogP contribution in [0.2, 0.25) is 0 Å². The first-order valence-corrected chi connectivity index (χ1v) is 4.40. The third-order valence-electron chi connectivity index (χ3n) is 1.38. The van der Waals surface area contributed by atoms with Gasteiger partial charge in [-0.25, -0.2) is 0 Å². The van der Waals surface area contributed by atoms with E-state index >= 15 is 0 Å². The summed E-state index contributed by atoms with van der Waals surface area (Å²) >= 11 is 0. The van der Waals surface area contributed by atoms with Gasteiger partial charge >= 0.3 is 118 Å². The Morgan fingerprint density at radius 3 is 0.864 bits per heavy atom. The average Bonchev–Trinajstić information content (AvgIpc) is 2.16. The van der Waals surface area contributed by atoms with Crippen LogP contribution in [0.3, 0.4) is 0 Å². The number of nitrogens with two attached hydrogens (primary N) is 2. The molecule has 2 atom stereocenters. The van der Waals surface area contributed by atoms with Gasteiger partial charge in [-0.2, -0.15) is 0 Å². The van der Waals surface area contributed by atoms with E-state index in [1.165, 1.54) is 0 Å². The van der Waals surface area contributed by atoms with Crippen molar-refractivity contribution in [1.82, 2.24) is 0 Å². The average molecular weight is 354 g/mol. The van der Waals surface area contributed by atoms with E-state index in [0.717, 1.165) is 0 Å². The topological polar surface area (TPSA) is 213 Å². The van der Waals surface area contributed by atoms with Crippen LogP contribution in [0.1, 0.15) is 12.8 Å². The van der Waals surface area contributed by atoms with Crippen molar-refractivity contribution in [2.24, 2.45) is 11.5 Å². The van der Waals surface area contributed by atoms with E-state index in [1.54, 1.807) is 0 Å². The summed E-state index contributed by atoms with van der Waals surface area (Å²) in [7, 11) is 0. The molecule has 22 heavy (non-hydrogen) atoms. The molecule has 0 fully saturated rings. The molecule has 0 heterocycles. The van der Waals surface area contributed by atoms with Crippen LogP contribution < -0.4 is 150 Å². The third-order valence-corrected chi connectivity index (χ3v) is 1.38. The minimum absolute atomic E-state index is 0. The third kappa shape index (κ3) is 29.8. The van der Waals surface area contributed by atoms with Crippen molar-refractivity contribution in [2.75, 3.05) is 0 Å². The molecular weight excluding hydrogens is 344 g/mol. The number of carboxylic acids is 4. The van der Waals surface area contributed by atoms with Crippen LogP contribution in [0.4, 0.5) is 0 Å².